The molecule has 3 heterocycles. The molecule has 0 radical (unpaired) electrons. The minimum atomic E-state index is 0.814. The van der Waals surface area contributed by atoms with Crippen LogP contribution in [-0.4, -0.2) is 25.9 Å². The van der Waals surface area contributed by atoms with Crippen molar-refractivity contribution in [1.29, 1.82) is 0 Å². The molecule has 1 N–H and O–H groups in total. The fraction of sp³-hybridized carbons (Fsp3) is 0.312. The van der Waals surface area contributed by atoms with Gasteiger partial charge in [-0.15, -0.1) is 0 Å². The molecule has 0 aromatic carbocycles. The predicted molar refractivity (Wildman–Crippen MR) is 84.4 cm³/mol. The van der Waals surface area contributed by atoms with Crippen molar-refractivity contribution < 1.29 is 0 Å². The lowest BCUT2D eigenvalue weighted by atomic mass is 10.2. The SMILES string of the molecule is CCCNc1cc(-c2cccc3nccn23)nc(CC)n1. The molecule has 5 nitrogen and oxygen atoms in total. The number of rotatable bonds is 5. The number of nitrogens with one attached hydrogen (secondary N) is 1. The molecular weight excluding hydrogens is 262 g/mol. The van der Waals surface area contributed by atoms with Gasteiger partial charge in [0.2, 0.25) is 0 Å². The largest absolute Gasteiger partial charge is 0.370 e. The third-order valence-electron chi connectivity index (χ3n) is 3.34. The highest BCUT2D eigenvalue weighted by molar-refractivity contribution is 5.62. The summed E-state index contributed by atoms with van der Waals surface area (Å²) < 4.78 is 2.05. The summed E-state index contributed by atoms with van der Waals surface area (Å²) in [5.41, 5.74) is 2.87. The van der Waals surface area contributed by atoms with Gasteiger partial charge in [0.05, 0.1) is 11.4 Å². The number of nitrogens with zero attached hydrogens (tertiary/aromatic N) is 4. The zero-order valence-electron chi connectivity index (χ0n) is 12.4. The molecule has 0 bridgehead atoms. The molecule has 0 unspecified atom stereocenters. The molecule has 108 valence electrons. The molecular formula is C16H19N5. The second-order valence-electron chi connectivity index (χ2n) is 4.90. The number of pyridine rings is 1. The summed E-state index contributed by atoms with van der Waals surface area (Å²) in [6.45, 7) is 5.12. The van der Waals surface area contributed by atoms with Crippen molar-refractivity contribution in [1.82, 2.24) is 19.4 Å². The number of hydrogen-bond donors (Lipinski definition) is 1. The average molecular weight is 281 g/mol. The summed E-state index contributed by atoms with van der Waals surface area (Å²) in [6, 6.07) is 8.05. The van der Waals surface area contributed by atoms with E-state index >= 15 is 0 Å². The number of fused-ring (bicyclic) bond motifs is 1. The first kappa shape index (κ1) is 13.5. The van der Waals surface area contributed by atoms with Crippen LogP contribution in [0.25, 0.3) is 17.0 Å². The van der Waals surface area contributed by atoms with E-state index in [9.17, 15) is 0 Å². The molecule has 0 fully saturated rings. The van der Waals surface area contributed by atoms with Crippen LogP contribution in [0, 0.1) is 0 Å². The first-order valence-electron chi connectivity index (χ1n) is 7.36. The molecule has 3 aromatic rings. The van der Waals surface area contributed by atoms with Gasteiger partial charge < -0.3 is 5.32 Å². The van der Waals surface area contributed by atoms with Crippen LogP contribution in [0.1, 0.15) is 26.1 Å². The summed E-state index contributed by atoms with van der Waals surface area (Å²) in [5, 5.41) is 3.35. The average Bonchev–Trinajstić information content (AvgIpc) is 3.01. The van der Waals surface area contributed by atoms with Gasteiger partial charge in [0.15, 0.2) is 0 Å². The summed E-state index contributed by atoms with van der Waals surface area (Å²) >= 11 is 0. The Balaban J connectivity index is 2.10. The zero-order chi connectivity index (χ0) is 14.7. The van der Waals surface area contributed by atoms with Gasteiger partial charge in [0, 0.05) is 31.4 Å². The molecule has 0 atom stereocenters. The van der Waals surface area contributed by atoms with E-state index in [4.69, 9.17) is 0 Å². The molecule has 21 heavy (non-hydrogen) atoms. The van der Waals surface area contributed by atoms with E-state index in [2.05, 4.69) is 40.2 Å². The van der Waals surface area contributed by atoms with Gasteiger partial charge in [-0.05, 0) is 18.6 Å². The maximum atomic E-state index is 4.66. The standard InChI is InChI=1S/C16H19N5/c1-3-8-17-15-11-12(19-14(4-2)20-15)13-6-5-7-16-18-9-10-21(13)16/h5-7,9-11H,3-4,8H2,1-2H3,(H,17,19,20). The van der Waals surface area contributed by atoms with Crippen molar-refractivity contribution in [2.45, 2.75) is 26.7 Å². The van der Waals surface area contributed by atoms with Gasteiger partial charge in [0.25, 0.3) is 0 Å². The minimum absolute atomic E-state index is 0.814. The van der Waals surface area contributed by atoms with E-state index in [1.165, 1.54) is 0 Å². The Hall–Kier alpha value is -2.43. The predicted octanol–water partition coefficient (Wildman–Crippen LogP) is 3.18. The monoisotopic (exact) mass is 281 g/mol. The molecule has 0 saturated heterocycles. The molecule has 0 amide bonds. The normalized spacial score (nSPS) is 11.0. The third kappa shape index (κ3) is 2.72. The van der Waals surface area contributed by atoms with Crippen LogP contribution in [0.15, 0.2) is 36.7 Å². The highest BCUT2D eigenvalue weighted by Gasteiger charge is 2.09. The lowest BCUT2D eigenvalue weighted by Gasteiger charge is -2.10. The lowest BCUT2D eigenvalue weighted by molar-refractivity contribution is 0.916. The summed E-state index contributed by atoms with van der Waals surface area (Å²) in [6.07, 6.45) is 5.64. The Kier molecular flexibility index (Phi) is 3.81. The molecule has 5 heteroatoms. The Morgan fingerprint density at radius 2 is 2.10 bits per heavy atom. The first-order chi connectivity index (χ1) is 10.3. The fourth-order valence-electron chi connectivity index (χ4n) is 2.29. The number of imidazole rings is 1. The quantitative estimate of drug-likeness (QED) is 0.780. The Morgan fingerprint density at radius 1 is 1.19 bits per heavy atom. The molecule has 0 spiro atoms. The summed E-state index contributed by atoms with van der Waals surface area (Å²) in [7, 11) is 0. The van der Waals surface area contributed by atoms with Crippen LogP contribution in [0.5, 0.6) is 0 Å². The molecule has 3 rings (SSSR count). The van der Waals surface area contributed by atoms with Crippen molar-refractivity contribution in [3.63, 3.8) is 0 Å². The lowest BCUT2D eigenvalue weighted by Crippen LogP contribution is -2.06. The van der Waals surface area contributed by atoms with Gasteiger partial charge in [-0.1, -0.05) is 19.9 Å². The number of hydrogen-bond acceptors (Lipinski definition) is 4. The van der Waals surface area contributed by atoms with Crippen LogP contribution in [0.2, 0.25) is 0 Å². The Labute approximate surface area is 124 Å². The minimum Gasteiger partial charge on any atom is -0.370 e. The van der Waals surface area contributed by atoms with Crippen molar-refractivity contribution in [3.05, 3.63) is 42.5 Å². The fourth-order valence-corrected chi connectivity index (χ4v) is 2.29. The van der Waals surface area contributed by atoms with Crippen molar-refractivity contribution in [2.75, 3.05) is 11.9 Å². The first-order valence-corrected chi connectivity index (χ1v) is 7.36. The second kappa shape index (κ2) is 5.91. The van der Waals surface area contributed by atoms with Crippen molar-refractivity contribution in [3.8, 4) is 11.4 Å². The van der Waals surface area contributed by atoms with Crippen LogP contribution < -0.4 is 5.32 Å². The molecule has 3 aromatic heterocycles. The van der Waals surface area contributed by atoms with Gasteiger partial charge in [0.1, 0.15) is 17.3 Å². The zero-order valence-corrected chi connectivity index (χ0v) is 12.4. The smallest absolute Gasteiger partial charge is 0.137 e. The van der Waals surface area contributed by atoms with Crippen LogP contribution in [0.3, 0.4) is 0 Å². The summed E-state index contributed by atoms with van der Waals surface area (Å²) in [4.78, 5) is 13.5. The Morgan fingerprint density at radius 3 is 2.90 bits per heavy atom. The van der Waals surface area contributed by atoms with Gasteiger partial charge in [-0.2, -0.15) is 0 Å². The third-order valence-corrected chi connectivity index (χ3v) is 3.34. The van der Waals surface area contributed by atoms with E-state index in [-0.39, 0.29) is 0 Å². The number of aromatic nitrogens is 4. The second-order valence-corrected chi connectivity index (χ2v) is 4.90. The molecule has 0 aliphatic carbocycles. The highest BCUT2D eigenvalue weighted by atomic mass is 15.0. The van der Waals surface area contributed by atoms with Gasteiger partial charge in [-0.3, -0.25) is 4.40 Å². The Bertz CT molecular complexity index is 747. The number of aryl methyl sites for hydroxylation is 1. The van der Waals surface area contributed by atoms with E-state index in [0.29, 0.717) is 0 Å². The van der Waals surface area contributed by atoms with Crippen LogP contribution in [0.4, 0.5) is 5.82 Å². The van der Waals surface area contributed by atoms with E-state index < -0.39 is 0 Å². The topological polar surface area (TPSA) is 55.1 Å². The van der Waals surface area contributed by atoms with E-state index in [1.54, 1.807) is 6.20 Å². The highest BCUT2D eigenvalue weighted by Crippen LogP contribution is 2.21. The van der Waals surface area contributed by atoms with Gasteiger partial charge in [-0.25, -0.2) is 15.0 Å². The number of anilines is 1. The molecule has 0 aliphatic rings. The molecule has 0 aliphatic heterocycles. The molecule has 0 saturated carbocycles. The van der Waals surface area contributed by atoms with Crippen LogP contribution in [-0.2, 0) is 6.42 Å². The maximum Gasteiger partial charge on any atom is 0.137 e. The maximum absolute atomic E-state index is 4.66. The van der Waals surface area contributed by atoms with Crippen molar-refractivity contribution >= 4 is 11.5 Å². The van der Waals surface area contributed by atoms with E-state index in [0.717, 1.165) is 48.1 Å². The van der Waals surface area contributed by atoms with Gasteiger partial charge >= 0.3 is 0 Å². The van der Waals surface area contributed by atoms with Crippen molar-refractivity contribution in [2.24, 2.45) is 0 Å². The van der Waals surface area contributed by atoms with Crippen LogP contribution >= 0.6 is 0 Å². The van der Waals surface area contributed by atoms with E-state index in [1.807, 2.05) is 28.8 Å². The summed E-state index contributed by atoms with van der Waals surface area (Å²) in [5.74, 6) is 1.74.